The molecular formula is C14H28N2O. The van der Waals surface area contributed by atoms with E-state index in [4.69, 9.17) is 5.73 Å². The molecule has 1 fully saturated rings. The van der Waals surface area contributed by atoms with Gasteiger partial charge >= 0.3 is 0 Å². The van der Waals surface area contributed by atoms with Gasteiger partial charge in [0.2, 0.25) is 5.91 Å². The van der Waals surface area contributed by atoms with Crippen LogP contribution < -0.4 is 11.1 Å². The normalized spacial score (nSPS) is 19.8. The van der Waals surface area contributed by atoms with E-state index in [0.717, 1.165) is 18.9 Å². The van der Waals surface area contributed by atoms with E-state index in [1.165, 1.54) is 12.8 Å². The predicted octanol–water partition coefficient (Wildman–Crippen LogP) is 2.30. The molecule has 1 rings (SSSR count). The topological polar surface area (TPSA) is 55.1 Å². The van der Waals surface area contributed by atoms with Crippen molar-refractivity contribution in [2.24, 2.45) is 23.0 Å². The maximum atomic E-state index is 11.7. The van der Waals surface area contributed by atoms with Crippen LogP contribution >= 0.6 is 0 Å². The lowest BCUT2D eigenvalue weighted by atomic mass is 9.87. The third kappa shape index (κ3) is 6.67. The third-order valence-corrected chi connectivity index (χ3v) is 3.37. The second kappa shape index (κ2) is 5.85. The highest BCUT2D eigenvalue weighted by molar-refractivity contribution is 5.76. The van der Waals surface area contributed by atoms with Gasteiger partial charge in [-0.1, -0.05) is 27.7 Å². The van der Waals surface area contributed by atoms with Gasteiger partial charge in [0, 0.05) is 19.0 Å². The summed E-state index contributed by atoms with van der Waals surface area (Å²) >= 11 is 0. The van der Waals surface area contributed by atoms with Gasteiger partial charge in [0.05, 0.1) is 0 Å². The van der Waals surface area contributed by atoms with Gasteiger partial charge in [0.25, 0.3) is 0 Å². The van der Waals surface area contributed by atoms with E-state index in [1.807, 2.05) is 0 Å². The zero-order valence-corrected chi connectivity index (χ0v) is 11.8. The second-order valence-electron chi connectivity index (χ2n) is 6.85. The van der Waals surface area contributed by atoms with Gasteiger partial charge in [0.15, 0.2) is 0 Å². The number of carbonyl (C=O) groups excluding carboxylic acids is 1. The van der Waals surface area contributed by atoms with Crippen LogP contribution in [0.2, 0.25) is 0 Å². The summed E-state index contributed by atoms with van der Waals surface area (Å²) < 4.78 is 0. The fraction of sp³-hybridized carbons (Fsp3) is 0.929. The zero-order chi connectivity index (χ0) is 13.1. The van der Waals surface area contributed by atoms with Gasteiger partial charge in [0.1, 0.15) is 0 Å². The molecule has 2 unspecified atom stereocenters. The molecule has 1 aliphatic rings. The van der Waals surface area contributed by atoms with E-state index in [2.05, 4.69) is 33.0 Å². The first kappa shape index (κ1) is 14.5. The molecule has 0 aromatic carbocycles. The predicted molar refractivity (Wildman–Crippen MR) is 71.6 cm³/mol. The largest absolute Gasteiger partial charge is 0.356 e. The molecule has 0 heterocycles. The van der Waals surface area contributed by atoms with Gasteiger partial charge < -0.3 is 11.1 Å². The molecule has 0 radical (unpaired) electrons. The Bertz CT molecular complexity index is 253. The number of nitrogens with two attached hydrogens (primary N) is 1. The molecule has 3 heteroatoms. The van der Waals surface area contributed by atoms with Crippen molar-refractivity contribution in [2.75, 3.05) is 6.54 Å². The lowest BCUT2D eigenvalue weighted by Crippen LogP contribution is -2.36. The summed E-state index contributed by atoms with van der Waals surface area (Å²) in [7, 11) is 0. The Morgan fingerprint density at radius 1 is 1.41 bits per heavy atom. The highest BCUT2D eigenvalue weighted by Gasteiger charge is 2.28. The minimum atomic E-state index is -0.0220. The molecule has 100 valence electrons. The molecule has 17 heavy (non-hydrogen) atoms. The molecular weight excluding hydrogens is 212 g/mol. The Labute approximate surface area is 106 Å². The molecule has 0 spiro atoms. The van der Waals surface area contributed by atoms with Crippen molar-refractivity contribution in [1.29, 1.82) is 0 Å². The Morgan fingerprint density at radius 2 is 2.00 bits per heavy atom. The number of hydrogen-bond acceptors (Lipinski definition) is 2. The van der Waals surface area contributed by atoms with Gasteiger partial charge in [-0.25, -0.2) is 0 Å². The summed E-state index contributed by atoms with van der Waals surface area (Å²) in [6.07, 6.45) is 4.01. The molecule has 1 amide bonds. The molecule has 0 aromatic heterocycles. The highest BCUT2D eigenvalue weighted by atomic mass is 16.1. The third-order valence-electron chi connectivity index (χ3n) is 3.37. The molecule has 0 aromatic rings. The van der Waals surface area contributed by atoms with E-state index in [9.17, 15) is 4.79 Å². The van der Waals surface area contributed by atoms with Crippen molar-refractivity contribution >= 4 is 5.91 Å². The minimum absolute atomic E-state index is 0.0220. The zero-order valence-electron chi connectivity index (χ0n) is 11.8. The Balaban J connectivity index is 2.15. The Hall–Kier alpha value is -0.570. The van der Waals surface area contributed by atoms with Gasteiger partial charge in [-0.3, -0.25) is 4.79 Å². The average molecular weight is 240 g/mol. The Morgan fingerprint density at radius 3 is 2.47 bits per heavy atom. The van der Waals surface area contributed by atoms with Crippen molar-refractivity contribution in [3.8, 4) is 0 Å². The fourth-order valence-corrected chi connectivity index (χ4v) is 2.28. The maximum Gasteiger partial charge on any atom is 0.221 e. The second-order valence-corrected chi connectivity index (χ2v) is 6.85. The summed E-state index contributed by atoms with van der Waals surface area (Å²) in [5, 5.41) is 3.00. The highest BCUT2D eigenvalue weighted by Crippen LogP contribution is 2.36. The Kier molecular flexibility index (Phi) is 4.99. The van der Waals surface area contributed by atoms with Crippen LogP contribution in [0.4, 0.5) is 0 Å². The molecule has 2 atom stereocenters. The summed E-state index contributed by atoms with van der Waals surface area (Å²) in [5.41, 5.74) is 6.17. The first-order valence-electron chi connectivity index (χ1n) is 6.80. The molecule has 3 nitrogen and oxygen atoms in total. The van der Waals surface area contributed by atoms with Crippen LogP contribution in [0, 0.1) is 17.3 Å². The minimum Gasteiger partial charge on any atom is -0.356 e. The van der Waals surface area contributed by atoms with Crippen molar-refractivity contribution < 1.29 is 4.79 Å². The van der Waals surface area contributed by atoms with E-state index >= 15 is 0 Å². The van der Waals surface area contributed by atoms with Crippen LogP contribution in [0.3, 0.4) is 0 Å². The first-order chi connectivity index (χ1) is 7.78. The number of rotatable bonds is 6. The van der Waals surface area contributed by atoms with Crippen LogP contribution in [0.25, 0.3) is 0 Å². The molecule has 1 aliphatic carbocycles. The van der Waals surface area contributed by atoms with Crippen LogP contribution in [-0.4, -0.2) is 18.5 Å². The van der Waals surface area contributed by atoms with E-state index in [-0.39, 0.29) is 17.4 Å². The average Bonchev–Trinajstić information content (AvgIpc) is 2.93. The number of carbonyl (C=O) groups is 1. The number of nitrogens with one attached hydrogen (secondary N) is 1. The maximum absolute atomic E-state index is 11.7. The van der Waals surface area contributed by atoms with E-state index in [1.54, 1.807) is 0 Å². The molecule has 0 saturated heterocycles. The summed E-state index contributed by atoms with van der Waals surface area (Å²) in [4.78, 5) is 11.7. The number of hydrogen-bond donors (Lipinski definition) is 2. The van der Waals surface area contributed by atoms with Gasteiger partial charge in [-0.2, -0.15) is 0 Å². The number of amides is 1. The van der Waals surface area contributed by atoms with Crippen LogP contribution in [0.1, 0.15) is 53.4 Å². The van der Waals surface area contributed by atoms with Crippen molar-refractivity contribution in [3.05, 3.63) is 0 Å². The van der Waals surface area contributed by atoms with E-state index in [0.29, 0.717) is 12.3 Å². The quantitative estimate of drug-likeness (QED) is 0.748. The van der Waals surface area contributed by atoms with Crippen molar-refractivity contribution in [2.45, 2.75) is 59.4 Å². The van der Waals surface area contributed by atoms with Crippen molar-refractivity contribution in [3.63, 3.8) is 0 Å². The molecule has 3 N–H and O–H groups in total. The SMILES string of the molecule is CC(CNC(=O)CC(N)CC(C)(C)C)C1CC1. The summed E-state index contributed by atoms with van der Waals surface area (Å²) in [6.45, 7) is 9.48. The van der Waals surface area contributed by atoms with Crippen molar-refractivity contribution in [1.82, 2.24) is 5.32 Å². The summed E-state index contributed by atoms with van der Waals surface area (Å²) in [5.74, 6) is 1.57. The lowest BCUT2D eigenvalue weighted by Gasteiger charge is -2.23. The van der Waals surface area contributed by atoms with Gasteiger partial charge in [-0.15, -0.1) is 0 Å². The lowest BCUT2D eigenvalue weighted by molar-refractivity contribution is -0.121. The van der Waals surface area contributed by atoms with Crippen LogP contribution in [-0.2, 0) is 4.79 Å². The van der Waals surface area contributed by atoms with Crippen LogP contribution in [0.5, 0.6) is 0 Å². The first-order valence-corrected chi connectivity index (χ1v) is 6.80. The van der Waals surface area contributed by atoms with E-state index < -0.39 is 0 Å². The summed E-state index contributed by atoms with van der Waals surface area (Å²) in [6, 6.07) is -0.0220. The monoisotopic (exact) mass is 240 g/mol. The standard InChI is InChI=1S/C14H28N2O/c1-10(11-5-6-11)9-16-13(17)7-12(15)8-14(2,3)4/h10-12H,5-9,15H2,1-4H3,(H,16,17). The smallest absolute Gasteiger partial charge is 0.221 e. The molecule has 0 aliphatic heterocycles. The van der Waals surface area contributed by atoms with Crippen LogP contribution in [0.15, 0.2) is 0 Å². The van der Waals surface area contributed by atoms with Gasteiger partial charge in [-0.05, 0) is 36.5 Å². The fourth-order valence-electron chi connectivity index (χ4n) is 2.28. The molecule has 0 bridgehead atoms. The molecule has 1 saturated carbocycles.